The molecule has 3 unspecified atom stereocenters. The number of carbonyl (C=O) groups excluding carboxylic acids is 3. The van der Waals surface area contributed by atoms with Crippen molar-refractivity contribution in [2.45, 2.75) is 96.3 Å². The van der Waals surface area contributed by atoms with Gasteiger partial charge in [-0.2, -0.15) is 0 Å². The number of hydrogen-bond acceptors (Lipinski definition) is 11. The zero-order valence-corrected chi connectivity index (χ0v) is 34.2. The second-order valence-corrected chi connectivity index (χ2v) is 14.6. The number of phenols is 2. The Morgan fingerprint density at radius 3 is 1.69 bits per heavy atom. The van der Waals surface area contributed by atoms with Crippen LogP contribution in [0, 0.1) is 11.8 Å². The molecule has 14 heteroatoms. The molecule has 0 spiro atoms. The predicted molar refractivity (Wildman–Crippen MR) is 202 cm³/mol. The van der Waals surface area contributed by atoms with Crippen LogP contribution >= 0.6 is 0 Å². The van der Waals surface area contributed by atoms with Gasteiger partial charge in [-0.1, -0.05) is 109 Å². The van der Waals surface area contributed by atoms with Gasteiger partial charge in [-0.05, 0) is 55.0 Å². The van der Waals surface area contributed by atoms with Crippen molar-refractivity contribution in [3.8, 4) is 11.5 Å². The topological polar surface area (TPSA) is 177 Å². The van der Waals surface area contributed by atoms with Crippen molar-refractivity contribution in [3.63, 3.8) is 0 Å². The van der Waals surface area contributed by atoms with Gasteiger partial charge in [0.2, 0.25) is 0 Å². The number of fused-ring (bicyclic) bond motifs is 1. The van der Waals surface area contributed by atoms with E-state index >= 15 is 0 Å². The van der Waals surface area contributed by atoms with Gasteiger partial charge in [-0.25, -0.2) is 13.2 Å². The molecule has 0 saturated heterocycles. The first-order valence-electron chi connectivity index (χ1n) is 18.0. The molecule has 3 aromatic rings. The number of phenolic OH excluding ortho intramolecular Hbond substituents is 2. The molecule has 0 amide bonds. The molecule has 286 valence electrons. The maximum atomic E-state index is 12.4. The van der Waals surface area contributed by atoms with Gasteiger partial charge in [-0.3, -0.25) is 9.59 Å². The van der Waals surface area contributed by atoms with Crippen molar-refractivity contribution in [2.75, 3.05) is 13.2 Å². The molecule has 0 aromatic heterocycles. The number of aromatic hydroxyl groups is 2. The Hall–Kier alpha value is -2.42. The van der Waals surface area contributed by atoms with Crippen LogP contribution in [0.25, 0.3) is 0 Å². The van der Waals surface area contributed by atoms with Gasteiger partial charge in [0.05, 0.1) is 25.2 Å². The van der Waals surface area contributed by atoms with Crippen LogP contribution in [0.15, 0.2) is 72.8 Å². The van der Waals surface area contributed by atoms with Crippen LogP contribution < -0.4 is 29.6 Å². The Morgan fingerprint density at radius 1 is 0.778 bits per heavy atom. The zero-order chi connectivity index (χ0) is 38.3. The Balaban J connectivity index is 0.000000523. The molecule has 0 radical (unpaired) electrons. The fourth-order valence-electron chi connectivity index (χ4n) is 6.02. The number of esters is 3. The fourth-order valence-corrected chi connectivity index (χ4v) is 6.66. The molecule has 1 aliphatic rings. The molecular formula is C40H52Na2O11S. The van der Waals surface area contributed by atoms with Crippen LogP contribution in [0.4, 0.5) is 0 Å². The van der Waals surface area contributed by atoms with E-state index < -0.39 is 45.3 Å². The molecule has 3 atom stereocenters. The van der Waals surface area contributed by atoms with E-state index in [1.165, 1.54) is 0 Å². The Labute approximate surface area is 363 Å². The van der Waals surface area contributed by atoms with E-state index in [9.17, 15) is 37.6 Å². The van der Waals surface area contributed by atoms with Gasteiger partial charge in [0.15, 0.2) is 10.9 Å². The summed E-state index contributed by atoms with van der Waals surface area (Å²) in [6, 6.07) is 20.4. The van der Waals surface area contributed by atoms with Gasteiger partial charge in [0.25, 0.3) is 0 Å². The van der Waals surface area contributed by atoms with Crippen LogP contribution in [0.3, 0.4) is 0 Å². The number of unbranched alkanes of at least 4 members (excludes halogenated alkanes) is 2. The molecule has 11 nitrogen and oxygen atoms in total. The van der Waals surface area contributed by atoms with Crippen LogP contribution in [0.2, 0.25) is 0 Å². The Bertz CT molecular complexity index is 1670. The normalized spacial score (nSPS) is 14.4. The minimum atomic E-state index is -5.01. The molecule has 4 rings (SSSR count). The van der Waals surface area contributed by atoms with Crippen LogP contribution in [0.1, 0.15) is 113 Å². The second-order valence-electron chi connectivity index (χ2n) is 13.0. The molecule has 0 saturated carbocycles. The molecular weight excluding hydrogens is 734 g/mol. The van der Waals surface area contributed by atoms with E-state index in [2.05, 4.69) is 13.8 Å². The van der Waals surface area contributed by atoms with Gasteiger partial charge < -0.3 is 29.0 Å². The predicted octanol–water partition coefficient (Wildman–Crippen LogP) is 3.73. The fraction of sp³-hybridized carbons (Fsp3) is 0.475. The molecule has 0 fully saturated rings. The van der Waals surface area contributed by atoms with E-state index in [0.29, 0.717) is 5.56 Å². The summed E-state index contributed by atoms with van der Waals surface area (Å²) in [6.07, 6.45) is 6.58. The monoisotopic (exact) mass is 786 g/mol. The van der Waals surface area contributed by atoms with E-state index in [0.717, 1.165) is 68.1 Å². The van der Waals surface area contributed by atoms with Crippen molar-refractivity contribution in [2.24, 2.45) is 11.8 Å². The second kappa shape index (κ2) is 24.3. The summed E-state index contributed by atoms with van der Waals surface area (Å²) in [6.45, 7) is 8.26. The number of ether oxygens (including phenoxy) is 3. The van der Waals surface area contributed by atoms with Crippen molar-refractivity contribution in [1.82, 2.24) is 0 Å². The average Bonchev–Trinajstić information content (AvgIpc) is 3.43. The number of carbonyl (C=O) groups is 3. The van der Waals surface area contributed by atoms with Gasteiger partial charge >= 0.3 is 77.0 Å². The molecule has 1 aliphatic heterocycles. The van der Waals surface area contributed by atoms with E-state index in [1.54, 1.807) is 60.7 Å². The summed E-state index contributed by atoms with van der Waals surface area (Å²) in [7, 11) is -5.01. The molecule has 2 N–H and O–H groups in total. The van der Waals surface area contributed by atoms with E-state index in [-0.39, 0.29) is 95.7 Å². The first-order valence-corrected chi connectivity index (χ1v) is 19.5. The first kappa shape index (κ1) is 49.6. The number of benzene rings is 3. The third-order valence-electron chi connectivity index (χ3n) is 9.31. The van der Waals surface area contributed by atoms with E-state index in [1.807, 2.05) is 26.0 Å². The first-order chi connectivity index (χ1) is 24.8. The third-order valence-corrected chi connectivity index (χ3v) is 10.4. The summed E-state index contributed by atoms with van der Waals surface area (Å²) >= 11 is 0. The summed E-state index contributed by atoms with van der Waals surface area (Å²) in [5, 5.41) is 17.1. The van der Waals surface area contributed by atoms with Crippen LogP contribution in [0.5, 0.6) is 11.5 Å². The van der Waals surface area contributed by atoms with Gasteiger partial charge in [-0.15, -0.1) is 0 Å². The molecule has 1 heterocycles. The summed E-state index contributed by atoms with van der Waals surface area (Å²) < 4.78 is 50.4. The Kier molecular flexibility index (Phi) is 22.3. The van der Waals surface area contributed by atoms with Crippen molar-refractivity contribution < 1.29 is 81.3 Å². The van der Waals surface area contributed by atoms with Gasteiger partial charge in [0.1, 0.15) is 21.6 Å². The number of rotatable bonds is 18. The summed E-state index contributed by atoms with van der Waals surface area (Å²) in [5.41, 5.74) is 1.60. The summed E-state index contributed by atoms with van der Waals surface area (Å²) in [5.74, 6) is -1.87. The Morgan fingerprint density at radius 2 is 1.24 bits per heavy atom. The third kappa shape index (κ3) is 14.0. The average molecular weight is 787 g/mol. The number of hydrogen-bond donors (Lipinski definition) is 2. The van der Waals surface area contributed by atoms with Crippen molar-refractivity contribution in [3.05, 3.63) is 95.1 Å². The minimum absolute atomic E-state index is 0. The molecule has 3 aromatic carbocycles. The number of cyclic esters (lactones) is 1. The summed E-state index contributed by atoms with van der Waals surface area (Å²) in [4.78, 5) is 36.6. The van der Waals surface area contributed by atoms with Crippen molar-refractivity contribution in [1.29, 1.82) is 0 Å². The molecule has 0 bridgehead atoms. The van der Waals surface area contributed by atoms with Gasteiger partial charge in [0, 0.05) is 16.7 Å². The van der Waals surface area contributed by atoms with Crippen LogP contribution in [-0.4, -0.2) is 89.1 Å². The zero-order valence-electron chi connectivity index (χ0n) is 31.4. The quantitative estimate of drug-likeness (QED) is 0.0832. The molecule has 54 heavy (non-hydrogen) atoms. The SMILES string of the molecule is CCCCC(CC)COC(=O)CC(C(=O)OCC(CC)CCCC)S(=O)(=O)[O-].O=C1OC(c2ccc(O)cc2)(c2ccc(O)cc2)c2ccccc21.[Na+].[NaH]. The maximum absolute atomic E-state index is 12.4. The molecule has 0 aliphatic carbocycles. The van der Waals surface area contributed by atoms with Crippen molar-refractivity contribution >= 4 is 57.6 Å². The van der Waals surface area contributed by atoms with Crippen LogP contribution in [-0.2, 0) is 39.5 Å². The van der Waals surface area contributed by atoms with E-state index in [4.69, 9.17) is 14.2 Å². The standard InChI is InChI=1S/C20H38O7S.C20H14O4.2Na.H/c1-5-9-11-16(7-3)14-26-19(21)13-18(28(23,24)25)20(22)27-15-17(8-4)12-10-6-2;21-15-9-5-13(6-10-15)20(14-7-11-16(22)12-8-14)18-4-2-1-3-17(18)19(23)24-20;;;/h16-18H,5-15H2,1-4H3,(H,23,24,25);1-12,21-22H;;;/q;;;+1;/p-1.